The van der Waals surface area contributed by atoms with E-state index in [1.165, 1.54) is 0 Å². The van der Waals surface area contributed by atoms with Crippen LogP contribution in [0.15, 0.2) is 71.4 Å². The summed E-state index contributed by atoms with van der Waals surface area (Å²) in [6.07, 6.45) is 1.77. The van der Waals surface area contributed by atoms with Gasteiger partial charge in [-0.25, -0.2) is 0 Å². The molecule has 0 aliphatic carbocycles. The number of fused-ring (bicyclic) bond motifs is 1. The Morgan fingerprint density at radius 2 is 1.90 bits per heavy atom. The van der Waals surface area contributed by atoms with Crippen molar-refractivity contribution in [1.29, 1.82) is 0 Å². The number of azo groups is 1. The number of aromatic hydroxyl groups is 1. The molecule has 0 bridgehead atoms. The predicted octanol–water partition coefficient (Wildman–Crippen LogP) is 4.16. The van der Waals surface area contributed by atoms with Crippen molar-refractivity contribution in [2.24, 2.45) is 10.2 Å². The summed E-state index contributed by atoms with van der Waals surface area (Å²) >= 11 is 5.81. The van der Waals surface area contributed by atoms with Gasteiger partial charge in [-0.3, -0.25) is 9.59 Å². The van der Waals surface area contributed by atoms with Crippen molar-refractivity contribution >= 4 is 40.0 Å². The van der Waals surface area contributed by atoms with Gasteiger partial charge >= 0.3 is 0 Å². The lowest BCUT2D eigenvalue weighted by Gasteiger charge is -2.03. The Labute approximate surface area is 172 Å². The van der Waals surface area contributed by atoms with Crippen molar-refractivity contribution in [3.8, 4) is 5.88 Å². The number of nitrogens with zero attached hydrogens (tertiary/aromatic N) is 3. The number of nitrogens with one attached hydrogen (secondary N) is 1. The molecule has 2 N–H and O–H groups in total. The summed E-state index contributed by atoms with van der Waals surface area (Å²) in [7, 11) is 0. The number of amides is 2. The normalized spacial score (nSPS) is 11.1. The van der Waals surface area contributed by atoms with Crippen molar-refractivity contribution < 1.29 is 14.7 Å². The molecule has 0 saturated carbocycles. The van der Waals surface area contributed by atoms with Crippen LogP contribution in [-0.4, -0.2) is 28.0 Å². The number of carbonyl (C=O) groups is 2. The van der Waals surface area contributed by atoms with E-state index in [9.17, 15) is 14.7 Å². The van der Waals surface area contributed by atoms with Crippen molar-refractivity contribution in [3.05, 3.63) is 71.8 Å². The number of hydrogen-bond acceptors (Lipinski definition) is 4. The molecule has 8 heteroatoms. The Bertz CT molecular complexity index is 1090. The number of para-hydroxylation sites is 1. The lowest BCUT2D eigenvalue weighted by molar-refractivity contribution is -0.124. The monoisotopic (exact) mass is 410 g/mol. The second-order valence-electron chi connectivity index (χ2n) is 6.26. The van der Waals surface area contributed by atoms with Crippen molar-refractivity contribution in [1.82, 2.24) is 9.88 Å². The maximum Gasteiger partial charge on any atom is 0.283 e. The fourth-order valence-electron chi connectivity index (χ4n) is 2.85. The van der Waals surface area contributed by atoms with E-state index in [0.29, 0.717) is 17.0 Å². The fourth-order valence-corrected chi connectivity index (χ4v) is 2.98. The Morgan fingerprint density at radius 3 is 2.62 bits per heavy atom. The highest BCUT2D eigenvalue weighted by Crippen LogP contribution is 2.38. The smallest absolute Gasteiger partial charge is 0.283 e. The third-order valence-corrected chi connectivity index (χ3v) is 4.46. The van der Waals surface area contributed by atoms with E-state index < -0.39 is 5.91 Å². The van der Waals surface area contributed by atoms with Crippen LogP contribution >= 0.6 is 11.6 Å². The summed E-state index contributed by atoms with van der Waals surface area (Å²) in [6, 6.07) is 14.1. The number of rotatable bonds is 7. The SMILES string of the molecule is C=CCn1c(O)c(N=NC(=O)CNC(=O)Cc2ccc(Cl)cc2)c2ccccc21. The van der Waals surface area contributed by atoms with E-state index in [2.05, 4.69) is 22.1 Å². The summed E-state index contributed by atoms with van der Waals surface area (Å²) in [5.41, 5.74) is 1.73. The van der Waals surface area contributed by atoms with Crippen LogP contribution in [0, 0.1) is 0 Å². The van der Waals surface area contributed by atoms with Crippen LogP contribution in [-0.2, 0) is 22.6 Å². The molecule has 0 radical (unpaired) electrons. The van der Waals surface area contributed by atoms with Crippen LogP contribution in [0.5, 0.6) is 5.88 Å². The molecule has 3 rings (SSSR count). The maximum atomic E-state index is 12.0. The maximum absolute atomic E-state index is 12.0. The highest BCUT2D eigenvalue weighted by Gasteiger charge is 2.16. The zero-order chi connectivity index (χ0) is 20.8. The van der Waals surface area contributed by atoms with Crippen molar-refractivity contribution in [2.45, 2.75) is 13.0 Å². The number of carbonyl (C=O) groups excluding carboxylic acids is 2. The Balaban J connectivity index is 1.65. The summed E-state index contributed by atoms with van der Waals surface area (Å²) in [4.78, 5) is 24.0. The molecule has 0 aliphatic rings. The minimum Gasteiger partial charge on any atom is -0.493 e. The Kier molecular flexibility index (Phi) is 6.41. The molecule has 0 aliphatic heterocycles. The topological polar surface area (TPSA) is 96.0 Å². The van der Waals surface area contributed by atoms with Gasteiger partial charge in [0.1, 0.15) is 6.54 Å². The van der Waals surface area contributed by atoms with Gasteiger partial charge in [-0.1, -0.05) is 48.0 Å². The van der Waals surface area contributed by atoms with Gasteiger partial charge in [-0.15, -0.1) is 16.8 Å². The first-order chi connectivity index (χ1) is 14.0. The molecule has 0 fully saturated rings. The molecular formula is C21H19ClN4O3. The molecule has 29 heavy (non-hydrogen) atoms. The van der Waals surface area contributed by atoms with Crippen molar-refractivity contribution in [3.63, 3.8) is 0 Å². The molecule has 1 aromatic heterocycles. The molecule has 3 aromatic rings. The minimum absolute atomic E-state index is 0.102. The Hall–Kier alpha value is -3.45. The summed E-state index contributed by atoms with van der Waals surface area (Å²) in [5, 5.41) is 21.7. The quantitative estimate of drug-likeness (QED) is 0.452. The number of hydrogen-bond donors (Lipinski definition) is 2. The van der Waals surface area contributed by atoms with Crippen LogP contribution in [0.25, 0.3) is 10.9 Å². The van der Waals surface area contributed by atoms with E-state index in [1.54, 1.807) is 47.0 Å². The van der Waals surface area contributed by atoms with Gasteiger partial charge in [0.25, 0.3) is 5.91 Å². The van der Waals surface area contributed by atoms with Gasteiger partial charge in [0, 0.05) is 17.0 Å². The van der Waals surface area contributed by atoms with E-state index in [4.69, 9.17) is 11.6 Å². The van der Waals surface area contributed by atoms with Gasteiger partial charge in [0.2, 0.25) is 11.8 Å². The second-order valence-corrected chi connectivity index (χ2v) is 6.70. The largest absolute Gasteiger partial charge is 0.493 e. The highest BCUT2D eigenvalue weighted by atomic mass is 35.5. The first kappa shape index (κ1) is 20.3. The second kappa shape index (κ2) is 9.16. The standard InChI is InChI=1S/C21H19ClN4O3/c1-2-11-26-17-6-4-3-5-16(17)20(21(26)29)25-24-19(28)13-23-18(27)12-14-7-9-15(22)10-8-14/h2-10,29H,1,11-13H2,(H,23,27). The summed E-state index contributed by atoms with van der Waals surface area (Å²) < 4.78 is 1.62. The van der Waals surface area contributed by atoms with Crippen LogP contribution in [0.4, 0.5) is 5.69 Å². The van der Waals surface area contributed by atoms with Gasteiger partial charge < -0.3 is 15.0 Å². The number of benzene rings is 2. The first-order valence-corrected chi connectivity index (χ1v) is 9.24. The molecule has 0 saturated heterocycles. The summed E-state index contributed by atoms with van der Waals surface area (Å²) in [6.45, 7) is 3.77. The highest BCUT2D eigenvalue weighted by molar-refractivity contribution is 6.30. The number of allylic oxidation sites excluding steroid dienone is 1. The number of halogens is 1. The van der Waals surface area contributed by atoms with Crippen molar-refractivity contribution in [2.75, 3.05) is 6.54 Å². The molecule has 0 atom stereocenters. The molecule has 0 unspecified atom stereocenters. The minimum atomic E-state index is -0.630. The van der Waals surface area contributed by atoms with Crippen LogP contribution in [0.2, 0.25) is 5.02 Å². The van der Waals surface area contributed by atoms with E-state index in [-0.39, 0.29) is 30.4 Å². The Morgan fingerprint density at radius 1 is 1.17 bits per heavy atom. The first-order valence-electron chi connectivity index (χ1n) is 8.86. The zero-order valence-corrected chi connectivity index (χ0v) is 16.3. The van der Waals surface area contributed by atoms with Crippen LogP contribution < -0.4 is 5.32 Å². The van der Waals surface area contributed by atoms with E-state index in [1.807, 2.05) is 12.1 Å². The molecular weight excluding hydrogens is 392 g/mol. The lowest BCUT2D eigenvalue weighted by atomic mass is 10.1. The van der Waals surface area contributed by atoms with Gasteiger partial charge in [0.15, 0.2) is 5.69 Å². The van der Waals surface area contributed by atoms with Gasteiger partial charge in [-0.05, 0) is 23.8 Å². The van der Waals surface area contributed by atoms with E-state index in [0.717, 1.165) is 11.1 Å². The average molecular weight is 411 g/mol. The zero-order valence-electron chi connectivity index (χ0n) is 15.5. The van der Waals surface area contributed by atoms with Crippen LogP contribution in [0.1, 0.15) is 5.56 Å². The molecule has 148 valence electrons. The summed E-state index contributed by atoms with van der Waals surface area (Å²) in [5.74, 6) is -1.05. The molecule has 1 heterocycles. The average Bonchev–Trinajstić information content (AvgIpc) is 2.98. The molecule has 2 amide bonds. The number of aromatic nitrogens is 1. The molecule has 7 nitrogen and oxygen atoms in total. The van der Waals surface area contributed by atoms with E-state index >= 15 is 0 Å². The fraction of sp³-hybridized carbons (Fsp3) is 0.143. The molecule has 2 aromatic carbocycles. The van der Waals surface area contributed by atoms with Crippen LogP contribution in [0.3, 0.4) is 0 Å². The third kappa shape index (κ3) is 4.89. The predicted molar refractivity (Wildman–Crippen MR) is 111 cm³/mol. The lowest BCUT2D eigenvalue weighted by Crippen LogP contribution is -2.29. The van der Waals surface area contributed by atoms with Gasteiger partial charge in [0.05, 0.1) is 11.9 Å². The third-order valence-electron chi connectivity index (χ3n) is 4.21. The molecule has 0 spiro atoms. The van der Waals surface area contributed by atoms with Gasteiger partial charge in [-0.2, -0.15) is 0 Å².